The van der Waals surface area contributed by atoms with Crippen LogP contribution in [0, 0.1) is 0 Å². The highest BCUT2D eigenvalue weighted by molar-refractivity contribution is 6.23. The number of alkyl halides is 4. The van der Waals surface area contributed by atoms with E-state index < -0.39 is 16.8 Å². The summed E-state index contributed by atoms with van der Waals surface area (Å²) in [4.78, 5) is 17.1. The lowest BCUT2D eigenvalue weighted by Crippen LogP contribution is -2.26. The van der Waals surface area contributed by atoms with Crippen molar-refractivity contribution in [2.75, 3.05) is 0 Å². The number of aromatic nitrogens is 2. The Bertz CT molecular complexity index is 599. The van der Waals surface area contributed by atoms with Gasteiger partial charge in [-0.2, -0.15) is 13.2 Å². The molecule has 1 heterocycles. The highest BCUT2D eigenvalue weighted by atomic mass is 35.5. The molecule has 0 amide bonds. The van der Waals surface area contributed by atoms with Crippen LogP contribution in [0.15, 0.2) is 36.8 Å². The first-order valence-corrected chi connectivity index (χ1v) is 6.18. The SMILES string of the molecule is O=COC(Cl)(Cc1ccc(C(F)(F)F)cc1)c1cnc[nH]1. The summed E-state index contributed by atoms with van der Waals surface area (Å²) in [7, 11) is 0. The van der Waals surface area contributed by atoms with Gasteiger partial charge in [0.05, 0.1) is 23.8 Å². The van der Waals surface area contributed by atoms with Crippen molar-refractivity contribution in [2.45, 2.75) is 17.7 Å². The molecule has 8 heteroatoms. The number of H-pyrrole nitrogens is 1. The summed E-state index contributed by atoms with van der Waals surface area (Å²) in [6, 6.07) is 4.45. The Morgan fingerprint density at radius 1 is 1.29 bits per heavy atom. The fraction of sp³-hybridized carbons (Fsp3) is 0.231. The van der Waals surface area contributed by atoms with Gasteiger partial charge in [0.1, 0.15) is 0 Å². The van der Waals surface area contributed by atoms with Crippen LogP contribution in [-0.4, -0.2) is 16.4 Å². The lowest BCUT2D eigenvalue weighted by molar-refractivity contribution is -0.138. The topological polar surface area (TPSA) is 55.0 Å². The van der Waals surface area contributed by atoms with Gasteiger partial charge in [0.15, 0.2) is 0 Å². The highest BCUT2D eigenvalue weighted by Gasteiger charge is 2.34. The molecule has 0 fully saturated rings. The smallest absolute Gasteiger partial charge is 0.416 e. The molecule has 0 bridgehead atoms. The second-order valence-electron chi connectivity index (χ2n) is 4.28. The van der Waals surface area contributed by atoms with Crippen molar-refractivity contribution in [2.24, 2.45) is 0 Å². The Morgan fingerprint density at radius 2 is 1.95 bits per heavy atom. The van der Waals surface area contributed by atoms with E-state index in [-0.39, 0.29) is 12.9 Å². The van der Waals surface area contributed by atoms with Gasteiger partial charge < -0.3 is 9.72 Å². The molecule has 4 nitrogen and oxygen atoms in total. The molecule has 1 N–H and O–H groups in total. The maximum atomic E-state index is 12.5. The van der Waals surface area contributed by atoms with Crippen LogP contribution in [0.25, 0.3) is 0 Å². The number of benzene rings is 1. The van der Waals surface area contributed by atoms with Gasteiger partial charge in [0.25, 0.3) is 6.47 Å². The molecule has 0 aliphatic carbocycles. The lowest BCUT2D eigenvalue weighted by Gasteiger charge is -2.23. The second-order valence-corrected chi connectivity index (χ2v) is 4.89. The third kappa shape index (κ3) is 3.55. The summed E-state index contributed by atoms with van der Waals surface area (Å²) < 4.78 is 42.3. The van der Waals surface area contributed by atoms with Crippen LogP contribution < -0.4 is 0 Å². The number of aromatic amines is 1. The van der Waals surface area contributed by atoms with E-state index in [1.54, 1.807) is 0 Å². The molecular weight excluding hydrogens is 309 g/mol. The van der Waals surface area contributed by atoms with Crippen molar-refractivity contribution < 1.29 is 22.7 Å². The van der Waals surface area contributed by atoms with Crippen molar-refractivity contribution in [3.05, 3.63) is 53.6 Å². The quantitative estimate of drug-likeness (QED) is 0.680. The predicted octanol–water partition coefficient (Wildman–Crippen LogP) is 3.24. The van der Waals surface area contributed by atoms with Crippen LogP contribution in [0.1, 0.15) is 16.8 Å². The van der Waals surface area contributed by atoms with Crippen LogP contribution in [0.3, 0.4) is 0 Å². The predicted molar refractivity (Wildman–Crippen MR) is 68.4 cm³/mol. The summed E-state index contributed by atoms with van der Waals surface area (Å²) in [6.45, 7) is 0.178. The zero-order valence-electron chi connectivity index (χ0n) is 10.5. The van der Waals surface area contributed by atoms with E-state index in [1.807, 2.05) is 0 Å². The number of carbonyl (C=O) groups is 1. The Balaban J connectivity index is 2.24. The summed E-state index contributed by atoms with van der Waals surface area (Å²) in [5, 5.41) is -1.54. The van der Waals surface area contributed by atoms with E-state index in [0.29, 0.717) is 11.3 Å². The first-order chi connectivity index (χ1) is 9.85. The number of hydrogen-bond donors (Lipinski definition) is 1. The second kappa shape index (κ2) is 5.77. The number of halogens is 4. The minimum absolute atomic E-state index is 0.00632. The molecule has 0 aliphatic heterocycles. The first kappa shape index (κ1) is 15.4. The molecule has 0 aliphatic rings. The summed E-state index contributed by atoms with van der Waals surface area (Å²) in [5.74, 6) is 0. The van der Waals surface area contributed by atoms with Gasteiger partial charge in [0, 0.05) is 6.42 Å². The van der Waals surface area contributed by atoms with Gasteiger partial charge in [-0.3, -0.25) is 4.79 Å². The molecule has 1 atom stereocenters. The molecular formula is C13H10ClF3N2O2. The maximum absolute atomic E-state index is 12.5. The van der Waals surface area contributed by atoms with Gasteiger partial charge in [-0.1, -0.05) is 23.7 Å². The monoisotopic (exact) mass is 318 g/mol. The largest absolute Gasteiger partial charge is 0.439 e. The highest BCUT2D eigenvalue weighted by Crippen LogP contribution is 2.34. The number of nitrogens with one attached hydrogen (secondary N) is 1. The molecule has 1 aromatic heterocycles. The van der Waals surface area contributed by atoms with E-state index >= 15 is 0 Å². The molecule has 112 valence electrons. The van der Waals surface area contributed by atoms with Crippen LogP contribution in [-0.2, 0) is 27.2 Å². The van der Waals surface area contributed by atoms with E-state index in [0.717, 1.165) is 12.1 Å². The molecule has 0 spiro atoms. The van der Waals surface area contributed by atoms with Crippen molar-refractivity contribution in [3.8, 4) is 0 Å². The standard InChI is InChI=1S/C13H10ClF3N2O2/c14-12(21-8-20,11-6-18-7-19-11)5-9-1-3-10(4-2-9)13(15,16)17/h1-4,6-8H,5H2,(H,18,19). The minimum atomic E-state index is -4.40. The van der Waals surface area contributed by atoms with Crippen LogP contribution in [0.2, 0.25) is 0 Å². The number of nitrogens with zero attached hydrogens (tertiary/aromatic N) is 1. The van der Waals surface area contributed by atoms with Gasteiger partial charge >= 0.3 is 6.18 Å². The third-order valence-corrected chi connectivity index (χ3v) is 3.27. The zero-order valence-corrected chi connectivity index (χ0v) is 11.3. The molecule has 21 heavy (non-hydrogen) atoms. The summed E-state index contributed by atoms with van der Waals surface area (Å²) in [6.07, 6.45) is -1.68. The average molecular weight is 319 g/mol. The Labute approximate surface area is 122 Å². The van der Waals surface area contributed by atoms with Crippen molar-refractivity contribution in [3.63, 3.8) is 0 Å². The molecule has 0 saturated carbocycles. The molecule has 0 radical (unpaired) electrons. The van der Waals surface area contributed by atoms with E-state index in [9.17, 15) is 18.0 Å². The number of rotatable bonds is 5. The van der Waals surface area contributed by atoms with Crippen LogP contribution in [0.4, 0.5) is 13.2 Å². The summed E-state index contributed by atoms with van der Waals surface area (Å²) >= 11 is 6.22. The van der Waals surface area contributed by atoms with Gasteiger partial charge in [-0.25, -0.2) is 4.98 Å². The molecule has 1 aromatic carbocycles. The fourth-order valence-electron chi connectivity index (χ4n) is 1.81. The number of imidazole rings is 1. The normalized spacial score (nSPS) is 14.5. The number of carbonyl (C=O) groups excluding carboxylic acids is 1. The van der Waals surface area contributed by atoms with Gasteiger partial charge in [0.2, 0.25) is 5.06 Å². The lowest BCUT2D eigenvalue weighted by atomic mass is 10.0. The fourth-order valence-corrected chi connectivity index (χ4v) is 2.10. The Hall–Kier alpha value is -2.02. The Morgan fingerprint density at radius 3 is 2.43 bits per heavy atom. The van der Waals surface area contributed by atoms with Crippen LogP contribution >= 0.6 is 11.6 Å². The zero-order chi connectivity index (χ0) is 15.5. The summed E-state index contributed by atoms with van der Waals surface area (Å²) in [5.41, 5.74) is 0.0508. The molecule has 0 saturated heterocycles. The van der Waals surface area contributed by atoms with E-state index in [1.165, 1.54) is 24.7 Å². The number of hydrogen-bond acceptors (Lipinski definition) is 3. The average Bonchev–Trinajstić information content (AvgIpc) is 2.93. The number of ether oxygens (including phenoxy) is 1. The van der Waals surface area contributed by atoms with Crippen molar-refractivity contribution in [1.82, 2.24) is 9.97 Å². The minimum Gasteiger partial charge on any atom is -0.439 e. The maximum Gasteiger partial charge on any atom is 0.416 e. The van der Waals surface area contributed by atoms with Crippen molar-refractivity contribution >= 4 is 18.1 Å². The molecule has 2 aromatic rings. The Kier molecular flexibility index (Phi) is 4.22. The van der Waals surface area contributed by atoms with Gasteiger partial charge in [-0.05, 0) is 17.7 Å². The van der Waals surface area contributed by atoms with Gasteiger partial charge in [-0.15, -0.1) is 0 Å². The van der Waals surface area contributed by atoms with Crippen molar-refractivity contribution in [1.29, 1.82) is 0 Å². The van der Waals surface area contributed by atoms with E-state index in [4.69, 9.17) is 16.3 Å². The molecule has 1 unspecified atom stereocenters. The van der Waals surface area contributed by atoms with Crippen LogP contribution in [0.5, 0.6) is 0 Å². The first-order valence-electron chi connectivity index (χ1n) is 5.80. The van der Waals surface area contributed by atoms with E-state index in [2.05, 4.69) is 9.97 Å². The molecule has 2 rings (SSSR count). The third-order valence-electron chi connectivity index (χ3n) is 2.85.